The van der Waals surface area contributed by atoms with Crippen molar-refractivity contribution in [1.29, 1.82) is 0 Å². The number of benzene rings is 1. The van der Waals surface area contributed by atoms with E-state index in [1.54, 1.807) is 0 Å². The minimum atomic E-state index is 0. The standard InChI is InChI=1S/C13H17BrN2O.ClH/c14-8-13(17)15-12-6-7-16(10-12)9-11-4-2-1-3-5-11;/h1-5,12H,6-10H2,(H,15,17);1H/t12-;/m0./s1. The van der Waals surface area contributed by atoms with Crippen LogP contribution >= 0.6 is 28.3 Å². The molecule has 1 heterocycles. The Morgan fingerprint density at radius 1 is 1.39 bits per heavy atom. The fourth-order valence-corrected chi connectivity index (χ4v) is 2.36. The number of alkyl halides is 1. The summed E-state index contributed by atoms with van der Waals surface area (Å²) < 4.78 is 0. The number of amides is 1. The van der Waals surface area contributed by atoms with Gasteiger partial charge in [-0.25, -0.2) is 0 Å². The first kappa shape index (κ1) is 15.5. The first-order valence-electron chi connectivity index (χ1n) is 5.89. The molecule has 1 amide bonds. The Morgan fingerprint density at radius 3 is 2.78 bits per heavy atom. The lowest BCUT2D eigenvalue weighted by Gasteiger charge is -2.16. The van der Waals surface area contributed by atoms with Gasteiger partial charge < -0.3 is 5.32 Å². The van der Waals surface area contributed by atoms with Gasteiger partial charge in [-0.15, -0.1) is 12.4 Å². The molecule has 100 valence electrons. The molecule has 1 fully saturated rings. The van der Waals surface area contributed by atoms with Crippen molar-refractivity contribution >= 4 is 34.2 Å². The molecule has 1 N–H and O–H groups in total. The second kappa shape index (κ2) is 7.77. The van der Waals surface area contributed by atoms with E-state index in [-0.39, 0.29) is 18.3 Å². The Bertz CT molecular complexity index is 375. The van der Waals surface area contributed by atoms with E-state index >= 15 is 0 Å². The van der Waals surface area contributed by atoms with Crippen molar-refractivity contribution in [2.75, 3.05) is 18.4 Å². The van der Waals surface area contributed by atoms with Crippen LogP contribution in [0.25, 0.3) is 0 Å². The normalized spacial score (nSPS) is 19.3. The largest absolute Gasteiger partial charge is 0.351 e. The molecule has 1 aliphatic heterocycles. The molecule has 1 saturated heterocycles. The smallest absolute Gasteiger partial charge is 0.230 e. The van der Waals surface area contributed by atoms with Crippen LogP contribution in [0.2, 0.25) is 0 Å². The van der Waals surface area contributed by atoms with Crippen molar-refractivity contribution in [3.63, 3.8) is 0 Å². The highest BCUT2D eigenvalue weighted by Crippen LogP contribution is 2.13. The lowest BCUT2D eigenvalue weighted by molar-refractivity contribution is -0.119. The molecule has 0 aromatic heterocycles. The maximum atomic E-state index is 11.3. The Kier molecular flexibility index (Phi) is 6.68. The fourth-order valence-electron chi connectivity index (χ4n) is 2.20. The SMILES string of the molecule is Cl.O=C(CBr)N[C@H]1CCN(Cc2ccccc2)C1. The van der Waals surface area contributed by atoms with Gasteiger partial charge >= 0.3 is 0 Å². The van der Waals surface area contributed by atoms with Gasteiger partial charge in [-0.2, -0.15) is 0 Å². The molecular formula is C13H18BrClN2O. The summed E-state index contributed by atoms with van der Waals surface area (Å²) in [6.07, 6.45) is 1.05. The molecule has 1 aromatic carbocycles. The maximum Gasteiger partial charge on any atom is 0.230 e. The predicted molar refractivity (Wildman–Crippen MR) is 79.3 cm³/mol. The number of halogens is 2. The van der Waals surface area contributed by atoms with Crippen LogP contribution in [-0.2, 0) is 11.3 Å². The van der Waals surface area contributed by atoms with Gasteiger partial charge in [0.15, 0.2) is 0 Å². The van der Waals surface area contributed by atoms with Crippen LogP contribution in [0, 0.1) is 0 Å². The van der Waals surface area contributed by atoms with Gasteiger partial charge in [-0.05, 0) is 12.0 Å². The van der Waals surface area contributed by atoms with Crippen molar-refractivity contribution in [2.24, 2.45) is 0 Å². The first-order valence-corrected chi connectivity index (χ1v) is 7.01. The molecule has 1 aliphatic rings. The van der Waals surface area contributed by atoms with Crippen LogP contribution in [0.5, 0.6) is 0 Å². The molecule has 0 saturated carbocycles. The third-order valence-corrected chi connectivity index (χ3v) is 3.52. The minimum Gasteiger partial charge on any atom is -0.351 e. The van der Waals surface area contributed by atoms with E-state index < -0.39 is 0 Å². The van der Waals surface area contributed by atoms with Crippen molar-refractivity contribution in [3.05, 3.63) is 35.9 Å². The number of likely N-dealkylation sites (tertiary alicyclic amines) is 1. The molecule has 0 radical (unpaired) electrons. The number of carbonyl (C=O) groups is 1. The maximum absolute atomic E-state index is 11.3. The van der Waals surface area contributed by atoms with E-state index in [4.69, 9.17) is 0 Å². The summed E-state index contributed by atoms with van der Waals surface area (Å²) in [7, 11) is 0. The van der Waals surface area contributed by atoms with Gasteiger partial charge in [-0.3, -0.25) is 9.69 Å². The number of rotatable bonds is 4. The zero-order valence-corrected chi connectivity index (χ0v) is 12.5. The van der Waals surface area contributed by atoms with Crippen LogP contribution in [0.4, 0.5) is 0 Å². The molecule has 18 heavy (non-hydrogen) atoms. The van der Waals surface area contributed by atoms with E-state index in [9.17, 15) is 4.79 Å². The average molecular weight is 334 g/mol. The number of hydrogen-bond donors (Lipinski definition) is 1. The van der Waals surface area contributed by atoms with Gasteiger partial charge in [0.1, 0.15) is 0 Å². The molecule has 0 aliphatic carbocycles. The molecule has 1 aromatic rings. The predicted octanol–water partition coefficient (Wildman–Crippen LogP) is 2.19. The number of carbonyl (C=O) groups excluding carboxylic acids is 1. The quantitative estimate of drug-likeness (QED) is 0.857. The lowest BCUT2D eigenvalue weighted by atomic mass is 10.2. The first-order chi connectivity index (χ1) is 8.28. The topological polar surface area (TPSA) is 32.3 Å². The molecule has 3 nitrogen and oxygen atoms in total. The summed E-state index contributed by atoms with van der Waals surface area (Å²) >= 11 is 3.17. The summed E-state index contributed by atoms with van der Waals surface area (Å²) in [5.41, 5.74) is 1.33. The number of nitrogens with zero attached hydrogens (tertiary/aromatic N) is 1. The molecule has 2 rings (SSSR count). The highest BCUT2D eigenvalue weighted by atomic mass is 79.9. The summed E-state index contributed by atoms with van der Waals surface area (Å²) in [6.45, 7) is 2.98. The molecule has 0 unspecified atom stereocenters. The van der Waals surface area contributed by atoms with Gasteiger partial charge in [0, 0.05) is 25.7 Å². The number of hydrogen-bond acceptors (Lipinski definition) is 2. The Balaban J connectivity index is 0.00000162. The van der Waals surface area contributed by atoms with Crippen LogP contribution in [0.1, 0.15) is 12.0 Å². The monoisotopic (exact) mass is 332 g/mol. The minimum absolute atomic E-state index is 0. The van der Waals surface area contributed by atoms with Crippen LogP contribution in [0.15, 0.2) is 30.3 Å². The number of nitrogens with one attached hydrogen (secondary N) is 1. The van der Waals surface area contributed by atoms with Gasteiger partial charge in [0.2, 0.25) is 5.91 Å². The van der Waals surface area contributed by atoms with E-state index in [1.165, 1.54) is 5.56 Å². The van der Waals surface area contributed by atoms with Gasteiger partial charge in [0.25, 0.3) is 0 Å². The van der Waals surface area contributed by atoms with Crippen molar-refractivity contribution in [1.82, 2.24) is 10.2 Å². The lowest BCUT2D eigenvalue weighted by Crippen LogP contribution is -2.37. The third kappa shape index (κ3) is 4.59. The molecule has 0 bridgehead atoms. The fraction of sp³-hybridized carbons (Fsp3) is 0.462. The Labute approximate surface area is 122 Å². The molecular weight excluding hydrogens is 316 g/mol. The Morgan fingerprint density at radius 2 is 2.11 bits per heavy atom. The second-order valence-electron chi connectivity index (χ2n) is 4.41. The summed E-state index contributed by atoms with van der Waals surface area (Å²) in [4.78, 5) is 13.6. The van der Waals surface area contributed by atoms with Crippen molar-refractivity contribution < 1.29 is 4.79 Å². The van der Waals surface area contributed by atoms with Gasteiger partial charge in [0.05, 0.1) is 5.33 Å². The van der Waals surface area contributed by atoms with Crippen LogP contribution < -0.4 is 5.32 Å². The summed E-state index contributed by atoms with van der Waals surface area (Å²) in [6, 6.07) is 10.8. The van der Waals surface area contributed by atoms with Crippen molar-refractivity contribution in [2.45, 2.75) is 19.0 Å². The zero-order chi connectivity index (χ0) is 12.1. The Hall–Kier alpha value is -0.580. The highest BCUT2D eigenvalue weighted by molar-refractivity contribution is 9.09. The average Bonchev–Trinajstić information content (AvgIpc) is 2.77. The second-order valence-corrected chi connectivity index (χ2v) is 4.97. The zero-order valence-electron chi connectivity index (χ0n) is 10.1. The molecule has 5 heteroatoms. The van der Waals surface area contributed by atoms with E-state index in [0.29, 0.717) is 11.4 Å². The van der Waals surface area contributed by atoms with Crippen LogP contribution in [0.3, 0.4) is 0 Å². The van der Waals surface area contributed by atoms with E-state index in [0.717, 1.165) is 26.1 Å². The molecule has 1 atom stereocenters. The van der Waals surface area contributed by atoms with E-state index in [1.807, 2.05) is 6.07 Å². The molecule has 0 spiro atoms. The highest BCUT2D eigenvalue weighted by Gasteiger charge is 2.23. The van der Waals surface area contributed by atoms with E-state index in [2.05, 4.69) is 50.4 Å². The van der Waals surface area contributed by atoms with Crippen molar-refractivity contribution in [3.8, 4) is 0 Å². The van der Waals surface area contributed by atoms with Gasteiger partial charge in [-0.1, -0.05) is 46.3 Å². The third-order valence-electron chi connectivity index (χ3n) is 3.01. The summed E-state index contributed by atoms with van der Waals surface area (Å²) in [5, 5.41) is 3.41. The van der Waals surface area contributed by atoms with Crippen LogP contribution in [-0.4, -0.2) is 35.3 Å². The summed E-state index contributed by atoms with van der Waals surface area (Å²) in [5.74, 6) is 0.0801.